The Hall–Kier alpha value is -5.08. The van der Waals surface area contributed by atoms with Crippen molar-refractivity contribution >= 4 is 37.6 Å². The standard InChI is InChI=1S/4C17H15.C6H12.4C4H9.2CH5Si.2Zr/c4*1-2-13-11-15-9-6-10-16(17(15)12-13)14-7-4-3-5-8-14;1-3-5-6-4-2;4*1-3-4-2;2*1-2;;/h4*3-12H,2H2,1H3;1-6H2;4*1,3-4H2,2H3;2*2H2,1H3;;. The quantitative estimate of drug-likeness (QED) is 0.0284. The molecule has 0 nitrogen and oxygen atoms in total. The zero-order valence-corrected chi connectivity index (χ0v) is 68.8. The van der Waals surface area contributed by atoms with Crippen molar-refractivity contribution in [1.29, 1.82) is 0 Å². The fraction of sp³-hybridized carbons (Fsp3) is 0.391. The summed E-state index contributed by atoms with van der Waals surface area (Å²) in [5.41, 5.74) is 31.7. The first-order valence-corrected chi connectivity index (χ1v) is 70.0. The normalized spacial score (nSPS) is 18.9. The number of benzene rings is 8. The molecule has 0 amide bonds. The van der Waals surface area contributed by atoms with Crippen molar-refractivity contribution in [1.82, 2.24) is 0 Å². The van der Waals surface area contributed by atoms with Crippen LogP contribution in [0.2, 0.25) is 37.9 Å². The number of rotatable bonds is 33. The molecule has 8 aromatic rings. The summed E-state index contributed by atoms with van der Waals surface area (Å²) in [5, 5.41) is 0. The van der Waals surface area contributed by atoms with Crippen LogP contribution in [-0.4, -0.2) is 13.3 Å². The molecule has 0 saturated heterocycles. The van der Waals surface area contributed by atoms with E-state index in [-0.39, 0.29) is 0 Å². The third-order valence-electron chi connectivity index (χ3n) is 29.0. The SMILES string of the molecule is CCC[CH2][Zr]([CH2]CCC)([CH2]CCCC[CH2][Zr]([CH2]CCC)([CH2]CCC)([SiH2]C)([CH]1C(CC)=Cc2c(-c3ccccc3)cccc21)[CH]1C(CC)=Cc2c(-c3ccccc3)cccc21)([SiH2]C)([CH]1C(CC)=Cc2c(-c3ccccc3)cccc21)[CH]1C(CC)=Cc2c(-c3ccccc3)cccc21. The summed E-state index contributed by atoms with van der Waals surface area (Å²) >= 11 is -10.3. The maximum atomic E-state index is 2.97. The van der Waals surface area contributed by atoms with Crippen LogP contribution in [0, 0.1) is 0 Å². The van der Waals surface area contributed by atoms with Crippen LogP contribution in [0.15, 0.2) is 216 Å². The topological polar surface area (TPSA) is 0 Å². The second-order valence-electron chi connectivity index (χ2n) is 32.4. The van der Waals surface area contributed by atoms with Crippen LogP contribution in [0.3, 0.4) is 0 Å². The van der Waals surface area contributed by atoms with Crippen LogP contribution in [0.4, 0.5) is 0 Å². The van der Waals surface area contributed by atoms with Crippen LogP contribution >= 0.6 is 0 Å². The van der Waals surface area contributed by atoms with Gasteiger partial charge in [-0.1, -0.05) is 0 Å². The molecule has 0 heterocycles. The minimum absolute atomic E-state index is 0.532. The average molecular weight is 1460 g/mol. The molecular weight excluding hydrogens is 1340 g/mol. The molecule has 0 aromatic heterocycles. The van der Waals surface area contributed by atoms with Crippen molar-refractivity contribution in [3.05, 3.63) is 261 Å². The number of hydrogen-bond acceptors (Lipinski definition) is 0. The van der Waals surface area contributed by atoms with E-state index in [1.54, 1.807) is 66.8 Å². The van der Waals surface area contributed by atoms with Crippen LogP contribution in [0.1, 0.15) is 217 Å². The molecular formula is C92H118Si2Zr2. The Balaban J connectivity index is 1.06. The van der Waals surface area contributed by atoms with Gasteiger partial charge in [0, 0.05) is 0 Å². The van der Waals surface area contributed by atoms with Crippen LogP contribution < -0.4 is 0 Å². The first-order valence-electron chi connectivity index (χ1n) is 39.2. The third-order valence-corrected chi connectivity index (χ3v) is 145. The first kappa shape index (κ1) is 70.8. The van der Waals surface area contributed by atoms with Gasteiger partial charge in [0.2, 0.25) is 0 Å². The molecule has 0 fully saturated rings. The summed E-state index contributed by atoms with van der Waals surface area (Å²) in [4.78, 5) is 0. The number of fused-ring (bicyclic) bond motifs is 4. The molecule has 0 spiro atoms. The molecule has 4 atom stereocenters. The molecule has 4 aliphatic carbocycles. The Morgan fingerprint density at radius 3 is 0.667 bits per heavy atom. The van der Waals surface area contributed by atoms with E-state index in [9.17, 15) is 0 Å². The molecule has 8 aromatic carbocycles. The maximum absolute atomic E-state index is 5.14. The van der Waals surface area contributed by atoms with Gasteiger partial charge < -0.3 is 0 Å². The van der Waals surface area contributed by atoms with E-state index < -0.39 is 46.2 Å². The van der Waals surface area contributed by atoms with Crippen molar-refractivity contribution in [2.24, 2.45) is 0 Å². The van der Waals surface area contributed by atoms with Crippen LogP contribution in [0.5, 0.6) is 0 Å². The number of hydrogen-bond donors (Lipinski definition) is 0. The van der Waals surface area contributed by atoms with E-state index in [1.165, 1.54) is 146 Å². The number of unbranched alkanes of at least 4 members (excludes halogenated alkanes) is 7. The first-order chi connectivity index (χ1) is 46.9. The van der Waals surface area contributed by atoms with Gasteiger partial charge in [-0.2, -0.15) is 0 Å². The van der Waals surface area contributed by atoms with Crippen LogP contribution in [0.25, 0.3) is 68.8 Å². The Morgan fingerprint density at radius 2 is 0.469 bits per heavy atom. The van der Waals surface area contributed by atoms with E-state index in [2.05, 4.69) is 287 Å². The monoisotopic (exact) mass is 1460 g/mol. The minimum atomic E-state index is -5.14. The van der Waals surface area contributed by atoms with Gasteiger partial charge in [0.25, 0.3) is 0 Å². The predicted octanol–water partition coefficient (Wildman–Crippen LogP) is 27.8. The van der Waals surface area contributed by atoms with E-state index >= 15 is 0 Å². The summed E-state index contributed by atoms with van der Waals surface area (Å²) in [7, 11) is 0. The van der Waals surface area contributed by atoms with Gasteiger partial charge in [-0.25, -0.2) is 0 Å². The van der Waals surface area contributed by atoms with Crippen molar-refractivity contribution < 1.29 is 32.9 Å². The van der Waals surface area contributed by atoms with E-state index in [1.807, 2.05) is 0 Å². The fourth-order valence-corrected chi connectivity index (χ4v) is 140. The average Bonchev–Trinajstić information content (AvgIpc) is 1.17. The summed E-state index contributed by atoms with van der Waals surface area (Å²) in [5.74, 6) is 0. The van der Waals surface area contributed by atoms with E-state index in [4.69, 9.17) is 0 Å². The Labute approximate surface area is 580 Å². The Morgan fingerprint density at radius 1 is 0.250 bits per heavy atom. The van der Waals surface area contributed by atoms with Crippen molar-refractivity contribution in [2.75, 3.05) is 0 Å². The van der Waals surface area contributed by atoms with Gasteiger partial charge in [0.15, 0.2) is 0 Å². The molecule has 4 aliphatic rings. The van der Waals surface area contributed by atoms with Gasteiger partial charge in [0.1, 0.15) is 0 Å². The Bertz CT molecular complexity index is 3680. The third kappa shape index (κ3) is 11.2. The Kier molecular flexibility index (Phi) is 21.3. The second kappa shape index (κ2) is 28.9. The zero-order chi connectivity index (χ0) is 67.1. The van der Waals surface area contributed by atoms with Gasteiger partial charge in [0.05, 0.1) is 0 Å². The molecule has 12 rings (SSSR count). The summed E-state index contributed by atoms with van der Waals surface area (Å²) in [6.45, 7) is 25.0. The second-order valence-corrected chi connectivity index (χ2v) is 117. The molecule has 0 N–H and O–H groups in total. The van der Waals surface area contributed by atoms with E-state index in [0.717, 1.165) is 25.7 Å². The van der Waals surface area contributed by atoms with Gasteiger partial charge in [-0.3, -0.25) is 0 Å². The molecule has 0 radical (unpaired) electrons. The van der Waals surface area contributed by atoms with Crippen LogP contribution in [-0.2, 0) is 32.9 Å². The van der Waals surface area contributed by atoms with Gasteiger partial charge >= 0.3 is 586 Å². The summed E-state index contributed by atoms with van der Waals surface area (Å²) in [6, 6.07) is 76.9. The molecule has 96 heavy (non-hydrogen) atoms. The van der Waals surface area contributed by atoms with Gasteiger partial charge in [-0.05, 0) is 0 Å². The molecule has 4 unspecified atom stereocenters. The van der Waals surface area contributed by atoms with Crippen molar-refractivity contribution in [2.45, 2.75) is 210 Å². The van der Waals surface area contributed by atoms with Crippen molar-refractivity contribution in [3.8, 4) is 44.5 Å². The molecule has 4 heteroatoms. The molecule has 0 saturated carbocycles. The van der Waals surface area contributed by atoms with Gasteiger partial charge in [-0.15, -0.1) is 0 Å². The summed E-state index contributed by atoms with van der Waals surface area (Å²) in [6.07, 6.45) is 31.7. The molecule has 0 bridgehead atoms. The molecule has 502 valence electrons. The molecule has 0 aliphatic heterocycles. The predicted molar refractivity (Wildman–Crippen MR) is 427 cm³/mol. The van der Waals surface area contributed by atoms with Crippen molar-refractivity contribution in [3.63, 3.8) is 0 Å². The van der Waals surface area contributed by atoms with E-state index in [0.29, 0.717) is 14.5 Å². The summed E-state index contributed by atoms with van der Waals surface area (Å²) < 4.78 is 11.1. The zero-order valence-electron chi connectivity index (χ0n) is 61.1. The number of allylic oxidation sites excluding steroid dienone is 4. The fourth-order valence-electron chi connectivity index (χ4n) is 24.7.